The standard InChI is InChI=1S/C7H13Br/c1-3-7(2)5-4-6-8/h5H,3-4,6H2,1-2H3/b7-5-. The summed E-state index contributed by atoms with van der Waals surface area (Å²) in [5, 5.41) is 1.09. The fourth-order valence-corrected chi connectivity index (χ4v) is 0.674. The minimum atomic E-state index is 1.09. The van der Waals surface area contributed by atoms with Crippen molar-refractivity contribution in [3.05, 3.63) is 11.6 Å². The Balaban J connectivity index is 3.26. The van der Waals surface area contributed by atoms with Crippen LogP contribution in [0, 0.1) is 0 Å². The van der Waals surface area contributed by atoms with Crippen LogP contribution in [0.5, 0.6) is 0 Å². The monoisotopic (exact) mass is 176 g/mol. The molecule has 0 amide bonds. The summed E-state index contributed by atoms with van der Waals surface area (Å²) >= 11 is 3.36. The van der Waals surface area contributed by atoms with E-state index in [2.05, 4.69) is 35.9 Å². The van der Waals surface area contributed by atoms with Gasteiger partial charge in [0.1, 0.15) is 0 Å². The molecule has 0 heterocycles. The molecular formula is C7H13Br. The van der Waals surface area contributed by atoms with Crippen molar-refractivity contribution in [1.82, 2.24) is 0 Å². The van der Waals surface area contributed by atoms with Gasteiger partial charge in [0, 0.05) is 5.33 Å². The Bertz CT molecular complexity index is 74.5. The van der Waals surface area contributed by atoms with Crippen molar-refractivity contribution >= 4 is 15.9 Å². The zero-order valence-electron chi connectivity index (χ0n) is 5.58. The van der Waals surface area contributed by atoms with Crippen LogP contribution in [0.2, 0.25) is 0 Å². The second kappa shape index (κ2) is 5.36. The van der Waals surface area contributed by atoms with Crippen LogP contribution in [0.15, 0.2) is 11.6 Å². The lowest BCUT2D eigenvalue weighted by molar-refractivity contribution is 1.06. The molecule has 8 heavy (non-hydrogen) atoms. The number of hydrogen-bond acceptors (Lipinski definition) is 0. The smallest absolute Gasteiger partial charge is 0.00660 e. The normalized spacial score (nSPS) is 12.1. The molecule has 0 aliphatic rings. The lowest BCUT2D eigenvalue weighted by Gasteiger charge is -1.90. The summed E-state index contributed by atoms with van der Waals surface area (Å²) in [5.41, 5.74) is 1.49. The van der Waals surface area contributed by atoms with Gasteiger partial charge in [-0.15, -0.1) is 0 Å². The van der Waals surface area contributed by atoms with Gasteiger partial charge in [0.05, 0.1) is 0 Å². The van der Waals surface area contributed by atoms with Crippen molar-refractivity contribution in [1.29, 1.82) is 0 Å². The highest BCUT2D eigenvalue weighted by Gasteiger charge is 1.80. The van der Waals surface area contributed by atoms with Crippen molar-refractivity contribution < 1.29 is 0 Å². The first kappa shape index (κ1) is 8.22. The molecule has 0 atom stereocenters. The van der Waals surface area contributed by atoms with Crippen molar-refractivity contribution in [3.8, 4) is 0 Å². The molecule has 1 heteroatoms. The van der Waals surface area contributed by atoms with Crippen LogP contribution in [-0.4, -0.2) is 5.33 Å². The van der Waals surface area contributed by atoms with E-state index in [0.717, 1.165) is 5.33 Å². The second-order valence-electron chi connectivity index (χ2n) is 1.88. The van der Waals surface area contributed by atoms with Gasteiger partial charge in [-0.2, -0.15) is 0 Å². The first-order valence-corrected chi connectivity index (χ1v) is 4.15. The van der Waals surface area contributed by atoms with E-state index in [-0.39, 0.29) is 0 Å². The molecule has 0 saturated heterocycles. The minimum Gasteiger partial charge on any atom is -0.0925 e. The maximum Gasteiger partial charge on any atom is 0.00660 e. The van der Waals surface area contributed by atoms with Crippen LogP contribution in [0.25, 0.3) is 0 Å². The Kier molecular flexibility index (Phi) is 5.51. The van der Waals surface area contributed by atoms with Crippen LogP contribution in [0.4, 0.5) is 0 Å². The number of halogens is 1. The average molecular weight is 177 g/mol. The molecule has 0 nitrogen and oxygen atoms in total. The molecule has 0 aliphatic heterocycles. The van der Waals surface area contributed by atoms with E-state index in [1.165, 1.54) is 18.4 Å². The molecule has 0 fully saturated rings. The van der Waals surface area contributed by atoms with Crippen LogP contribution in [-0.2, 0) is 0 Å². The number of allylic oxidation sites excluding steroid dienone is 2. The zero-order valence-corrected chi connectivity index (χ0v) is 7.16. The largest absolute Gasteiger partial charge is 0.0925 e. The Labute approximate surface area is 60.1 Å². The maximum absolute atomic E-state index is 3.36. The van der Waals surface area contributed by atoms with Gasteiger partial charge >= 0.3 is 0 Å². The van der Waals surface area contributed by atoms with Crippen LogP contribution < -0.4 is 0 Å². The van der Waals surface area contributed by atoms with Crippen molar-refractivity contribution in [2.45, 2.75) is 26.7 Å². The van der Waals surface area contributed by atoms with Gasteiger partial charge < -0.3 is 0 Å². The summed E-state index contributed by atoms with van der Waals surface area (Å²) in [7, 11) is 0. The quantitative estimate of drug-likeness (QED) is 0.459. The molecule has 0 aromatic heterocycles. The third kappa shape index (κ3) is 4.38. The predicted octanol–water partition coefficient (Wildman–Crippen LogP) is 3.13. The lowest BCUT2D eigenvalue weighted by atomic mass is 10.2. The topological polar surface area (TPSA) is 0 Å². The second-order valence-corrected chi connectivity index (χ2v) is 2.67. The van der Waals surface area contributed by atoms with Gasteiger partial charge in [0.15, 0.2) is 0 Å². The number of alkyl halides is 1. The molecular weight excluding hydrogens is 164 g/mol. The molecule has 0 spiro atoms. The first-order chi connectivity index (χ1) is 3.81. The average Bonchev–Trinajstić information content (AvgIpc) is 1.83. The molecule has 0 radical (unpaired) electrons. The molecule has 0 rings (SSSR count). The Morgan fingerprint density at radius 1 is 1.62 bits per heavy atom. The third-order valence-corrected chi connectivity index (χ3v) is 1.62. The van der Waals surface area contributed by atoms with E-state index < -0.39 is 0 Å². The molecule has 0 N–H and O–H groups in total. The maximum atomic E-state index is 3.36. The van der Waals surface area contributed by atoms with E-state index in [9.17, 15) is 0 Å². The first-order valence-electron chi connectivity index (χ1n) is 3.02. The molecule has 0 aliphatic carbocycles. The van der Waals surface area contributed by atoms with Gasteiger partial charge in [-0.3, -0.25) is 0 Å². The van der Waals surface area contributed by atoms with Crippen molar-refractivity contribution in [3.63, 3.8) is 0 Å². The van der Waals surface area contributed by atoms with Crippen molar-refractivity contribution in [2.75, 3.05) is 5.33 Å². The van der Waals surface area contributed by atoms with E-state index in [1.807, 2.05) is 0 Å². The van der Waals surface area contributed by atoms with E-state index in [0.29, 0.717) is 0 Å². The van der Waals surface area contributed by atoms with Crippen molar-refractivity contribution in [2.24, 2.45) is 0 Å². The minimum absolute atomic E-state index is 1.09. The fourth-order valence-electron chi connectivity index (χ4n) is 0.445. The van der Waals surface area contributed by atoms with Crippen LogP contribution in [0.3, 0.4) is 0 Å². The highest BCUT2D eigenvalue weighted by atomic mass is 79.9. The molecule has 0 aromatic carbocycles. The summed E-state index contributed by atoms with van der Waals surface area (Å²) in [6.07, 6.45) is 4.63. The van der Waals surface area contributed by atoms with Crippen LogP contribution in [0.1, 0.15) is 26.7 Å². The highest BCUT2D eigenvalue weighted by Crippen LogP contribution is 2.00. The summed E-state index contributed by atoms with van der Waals surface area (Å²) in [6.45, 7) is 4.35. The summed E-state index contributed by atoms with van der Waals surface area (Å²) in [6, 6.07) is 0. The summed E-state index contributed by atoms with van der Waals surface area (Å²) in [4.78, 5) is 0. The number of hydrogen-bond donors (Lipinski definition) is 0. The Morgan fingerprint density at radius 3 is 2.62 bits per heavy atom. The zero-order chi connectivity index (χ0) is 6.41. The van der Waals surface area contributed by atoms with E-state index in [1.54, 1.807) is 0 Å². The Hall–Kier alpha value is 0.220. The summed E-state index contributed by atoms with van der Waals surface area (Å²) in [5.74, 6) is 0. The van der Waals surface area contributed by atoms with E-state index in [4.69, 9.17) is 0 Å². The fraction of sp³-hybridized carbons (Fsp3) is 0.714. The lowest BCUT2D eigenvalue weighted by Crippen LogP contribution is -1.72. The van der Waals surface area contributed by atoms with Gasteiger partial charge in [-0.1, -0.05) is 34.5 Å². The van der Waals surface area contributed by atoms with Gasteiger partial charge in [0.2, 0.25) is 0 Å². The molecule has 48 valence electrons. The van der Waals surface area contributed by atoms with Gasteiger partial charge in [-0.25, -0.2) is 0 Å². The SMILES string of the molecule is CC/C(C)=C\CCBr. The van der Waals surface area contributed by atoms with Gasteiger partial charge in [-0.05, 0) is 19.8 Å². The number of rotatable bonds is 3. The highest BCUT2D eigenvalue weighted by molar-refractivity contribution is 9.09. The predicted molar refractivity (Wildman–Crippen MR) is 42.5 cm³/mol. The molecule has 0 saturated carbocycles. The molecule has 0 aromatic rings. The molecule has 0 unspecified atom stereocenters. The Morgan fingerprint density at radius 2 is 2.25 bits per heavy atom. The van der Waals surface area contributed by atoms with Crippen LogP contribution >= 0.6 is 15.9 Å². The van der Waals surface area contributed by atoms with Gasteiger partial charge in [0.25, 0.3) is 0 Å². The third-order valence-electron chi connectivity index (χ3n) is 1.16. The summed E-state index contributed by atoms with van der Waals surface area (Å²) < 4.78 is 0. The van der Waals surface area contributed by atoms with E-state index >= 15 is 0 Å². The molecule has 0 bridgehead atoms.